The summed E-state index contributed by atoms with van der Waals surface area (Å²) in [5.74, 6) is 1.69. The molecule has 0 atom stereocenters. The molecule has 0 aliphatic carbocycles. The molecule has 0 aliphatic rings. The Balaban J connectivity index is 2.49. The largest absolute Gasteiger partial charge is 0.287 e. The third-order valence-electron chi connectivity index (χ3n) is 2.12. The van der Waals surface area contributed by atoms with Gasteiger partial charge in [0.2, 0.25) is 5.28 Å². The molecule has 0 saturated heterocycles. The molecule has 6 heteroatoms. The van der Waals surface area contributed by atoms with E-state index in [1.54, 1.807) is 12.4 Å². The first-order valence-corrected chi connectivity index (χ1v) is 6.10. The zero-order valence-electron chi connectivity index (χ0n) is 8.69. The average Bonchev–Trinajstić information content (AvgIpc) is 2.70. The molecule has 0 bridgehead atoms. The van der Waals surface area contributed by atoms with E-state index in [-0.39, 0.29) is 5.28 Å². The van der Waals surface area contributed by atoms with Crippen molar-refractivity contribution in [2.45, 2.75) is 19.8 Å². The Kier molecular flexibility index (Phi) is 3.56. The monoisotopic (exact) mass is 300 g/mol. The Hall–Kier alpha value is -0.940. The smallest absolute Gasteiger partial charge is 0.224 e. The number of halogens is 2. The van der Waals surface area contributed by atoms with Gasteiger partial charge in [0.1, 0.15) is 5.82 Å². The zero-order valence-corrected chi connectivity index (χ0v) is 11.0. The van der Waals surface area contributed by atoms with Crippen LogP contribution < -0.4 is 0 Å². The van der Waals surface area contributed by atoms with Crippen molar-refractivity contribution < 1.29 is 0 Å². The van der Waals surface area contributed by atoms with Crippen molar-refractivity contribution in [2.24, 2.45) is 0 Å². The molecule has 0 saturated carbocycles. The predicted octanol–water partition coefficient (Wildman–Crippen LogP) is 3.03. The molecule has 0 fully saturated rings. The fourth-order valence-corrected chi connectivity index (χ4v) is 1.95. The van der Waals surface area contributed by atoms with Gasteiger partial charge in [0.05, 0.1) is 4.47 Å². The van der Waals surface area contributed by atoms with Crippen molar-refractivity contribution in [3.8, 4) is 5.82 Å². The van der Waals surface area contributed by atoms with Gasteiger partial charge in [-0.15, -0.1) is 0 Å². The lowest BCUT2D eigenvalue weighted by molar-refractivity contribution is 0.793. The average molecular weight is 302 g/mol. The van der Waals surface area contributed by atoms with E-state index >= 15 is 0 Å². The number of hydrogen-bond acceptors (Lipinski definition) is 3. The highest BCUT2D eigenvalue weighted by Gasteiger charge is 2.10. The lowest BCUT2D eigenvalue weighted by atomic mass is 10.3. The molecule has 2 rings (SSSR count). The van der Waals surface area contributed by atoms with Crippen LogP contribution in [0.3, 0.4) is 0 Å². The molecule has 16 heavy (non-hydrogen) atoms. The Morgan fingerprint density at radius 1 is 1.44 bits per heavy atom. The van der Waals surface area contributed by atoms with Crippen molar-refractivity contribution in [3.63, 3.8) is 0 Å². The van der Waals surface area contributed by atoms with Crippen LogP contribution in [-0.2, 0) is 6.42 Å². The molecule has 0 spiro atoms. The first-order chi connectivity index (χ1) is 7.72. The molecule has 0 unspecified atom stereocenters. The summed E-state index contributed by atoms with van der Waals surface area (Å²) in [6.45, 7) is 2.11. The van der Waals surface area contributed by atoms with E-state index in [0.29, 0.717) is 0 Å². The van der Waals surface area contributed by atoms with Crippen molar-refractivity contribution in [1.82, 2.24) is 19.5 Å². The molecule has 84 valence electrons. The quantitative estimate of drug-likeness (QED) is 0.819. The highest BCUT2D eigenvalue weighted by atomic mass is 79.9. The van der Waals surface area contributed by atoms with Gasteiger partial charge in [-0.1, -0.05) is 6.92 Å². The van der Waals surface area contributed by atoms with E-state index in [0.717, 1.165) is 29.0 Å². The highest BCUT2D eigenvalue weighted by Crippen LogP contribution is 2.20. The van der Waals surface area contributed by atoms with E-state index in [4.69, 9.17) is 11.6 Å². The molecule has 2 aromatic rings. The molecule has 0 N–H and O–H groups in total. The van der Waals surface area contributed by atoms with Crippen LogP contribution in [0.2, 0.25) is 5.28 Å². The summed E-state index contributed by atoms with van der Waals surface area (Å²) in [6, 6.07) is 0. The minimum absolute atomic E-state index is 0.231. The van der Waals surface area contributed by atoms with E-state index in [1.165, 1.54) is 0 Å². The Labute approximate surface area is 107 Å². The molecular weight excluding hydrogens is 291 g/mol. The molecule has 4 nitrogen and oxygen atoms in total. The van der Waals surface area contributed by atoms with E-state index in [2.05, 4.69) is 37.8 Å². The summed E-state index contributed by atoms with van der Waals surface area (Å²) in [6.07, 6.45) is 7.21. The van der Waals surface area contributed by atoms with Crippen LogP contribution in [0.25, 0.3) is 5.82 Å². The van der Waals surface area contributed by atoms with Crippen LogP contribution in [0.4, 0.5) is 0 Å². The number of aromatic nitrogens is 4. The van der Waals surface area contributed by atoms with Crippen molar-refractivity contribution in [3.05, 3.63) is 34.2 Å². The SMILES string of the molecule is CCCc1nccn1-c1nc(Cl)ncc1Br. The van der Waals surface area contributed by atoms with E-state index in [1.807, 2.05) is 10.8 Å². The summed E-state index contributed by atoms with van der Waals surface area (Å²) < 4.78 is 2.72. The topological polar surface area (TPSA) is 43.6 Å². The zero-order chi connectivity index (χ0) is 11.5. The number of aryl methyl sites for hydroxylation is 1. The number of rotatable bonds is 3. The third-order valence-corrected chi connectivity index (χ3v) is 2.86. The number of imidazole rings is 1. The number of hydrogen-bond donors (Lipinski definition) is 0. The van der Waals surface area contributed by atoms with Gasteiger partial charge in [-0.3, -0.25) is 4.57 Å². The molecule has 2 aromatic heterocycles. The maximum Gasteiger partial charge on any atom is 0.224 e. The molecular formula is C10H10BrClN4. The molecule has 0 aliphatic heterocycles. The van der Waals surface area contributed by atoms with Crippen molar-refractivity contribution >= 4 is 27.5 Å². The highest BCUT2D eigenvalue weighted by molar-refractivity contribution is 9.10. The third kappa shape index (κ3) is 2.25. The summed E-state index contributed by atoms with van der Waals surface area (Å²) >= 11 is 9.19. The van der Waals surface area contributed by atoms with Gasteiger partial charge in [0, 0.05) is 25.0 Å². The van der Waals surface area contributed by atoms with Gasteiger partial charge < -0.3 is 0 Å². The van der Waals surface area contributed by atoms with Gasteiger partial charge in [-0.05, 0) is 34.0 Å². The van der Waals surface area contributed by atoms with Crippen LogP contribution >= 0.6 is 27.5 Å². The first kappa shape index (κ1) is 11.5. The first-order valence-electron chi connectivity index (χ1n) is 4.93. The summed E-state index contributed by atoms with van der Waals surface area (Å²) in [4.78, 5) is 12.4. The second-order valence-corrected chi connectivity index (χ2v) is 4.47. The van der Waals surface area contributed by atoms with Crippen molar-refractivity contribution in [1.29, 1.82) is 0 Å². The van der Waals surface area contributed by atoms with E-state index in [9.17, 15) is 0 Å². The molecule has 2 heterocycles. The van der Waals surface area contributed by atoms with Crippen LogP contribution in [0, 0.1) is 0 Å². The maximum absolute atomic E-state index is 5.79. The van der Waals surface area contributed by atoms with Crippen molar-refractivity contribution in [2.75, 3.05) is 0 Å². The molecule has 0 radical (unpaired) electrons. The fourth-order valence-electron chi connectivity index (χ4n) is 1.44. The lowest BCUT2D eigenvalue weighted by Crippen LogP contribution is -2.04. The Morgan fingerprint density at radius 2 is 2.25 bits per heavy atom. The normalized spacial score (nSPS) is 10.7. The summed E-state index contributed by atoms with van der Waals surface area (Å²) in [7, 11) is 0. The second kappa shape index (κ2) is 4.93. The number of nitrogens with zero attached hydrogens (tertiary/aromatic N) is 4. The maximum atomic E-state index is 5.79. The van der Waals surface area contributed by atoms with Crippen LogP contribution in [-0.4, -0.2) is 19.5 Å². The van der Waals surface area contributed by atoms with Crippen LogP contribution in [0.15, 0.2) is 23.1 Å². The summed E-state index contributed by atoms with van der Waals surface area (Å²) in [5.41, 5.74) is 0. The standard InChI is InChI=1S/C10H10BrClN4/c1-2-3-8-13-4-5-16(8)9-7(11)6-14-10(12)15-9/h4-6H,2-3H2,1H3. The lowest BCUT2D eigenvalue weighted by Gasteiger charge is -2.07. The minimum Gasteiger partial charge on any atom is -0.287 e. The van der Waals surface area contributed by atoms with Gasteiger partial charge in [-0.25, -0.2) is 9.97 Å². The predicted molar refractivity (Wildman–Crippen MR) is 65.9 cm³/mol. The fraction of sp³-hybridized carbons (Fsp3) is 0.300. The second-order valence-electron chi connectivity index (χ2n) is 3.27. The van der Waals surface area contributed by atoms with Crippen LogP contribution in [0.5, 0.6) is 0 Å². The van der Waals surface area contributed by atoms with Crippen LogP contribution in [0.1, 0.15) is 19.2 Å². The van der Waals surface area contributed by atoms with Gasteiger partial charge in [-0.2, -0.15) is 4.98 Å². The van der Waals surface area contributed by atoms with E-state index < -0.39 is 0 Å². The Morgan fingerprint density at radius 3 is 3.00 bits per heavy atom. The summed E-state index contributed by atoms with van der Waals surface area (Å²) in [5, 5.41) is 0.231. The minimum atomic E-state index is 0.231. The van der Waals surface area contributed by atoms with Gasteiger partial charge in [0.25, 0.3) is 0 Å². The van der Waals surface area contributed by atoms with Gasteiger partial charge >= 0.3 is 0 Å². The Bertz CT molecular complexity index is 497. The molecule has 0 amide bonds. The molecule has 0 aromatic carbocycles. The van der Waals surface area contributed by atoms with Gasteiger partial charge in [0.15, 0.2) is 5.82 Å².